The number of hydrogen-bond donors (Lipinski definition) is 4. The van der Waals surface area contributed by atoms with Gasteiger partial charge in [-0.15, -0.1) is 12.4 Å². The number of halogens is 2. The van der Waals surface area contributed by atoms with Crippen LogP contribution in [0.1, 0.15) is 39.2 Å². The number of nitrogens with one attached hydrogen (secondary N) is 2. The molecule has 0 fully saturated rings. The van der Waals surface area contributed by atoms with Crippen LogP contribution < -0.4 is 26.8 Å². The molecule has 0 aliphatic rings. The first-order chi connectivity index (χ1) is 17.9. The van der Waals surface area contributed by atoms with Crippen LogP contribution in [-0.4, -0.2) is 54.3 Å². The van der Waals surface area contributed by atoms with Crippen molar-refractivity contribution >= 4 is 63.8 Å². The normalized spacial score (nSPS) is 11.8. The number of guanidine groups is 1. The number of nitrogens with two attached hydrogens (primary N) is 2. The van der Waals surface area contributed by atoms with Gasteiger partial charge in [0.2, 0.25) is 5.91 Å². The zero-order chi connectivity index (χ0) is 27.9. The van der Waals surface area contributed by atoms with Crippen LogP contribution in [0.5, 0.6) is 5.75 Å². The molecule has 1 aromatic heterocycles. The number of aromatic nitrogens is 1. The Hall–Kier alpha value is -3.50. The van der Waals surface area contributed by atoms with Crippen molar-refractivity contribution in [2.75, 3.05) is 19.7 Å². The number of rotatable bonds is 10. The van der Waals surface area contributed by atoms with Gasteiger partial charge in [0.15, 0.2) is 5.96 Å². The van der Waals surface area contributed by atoms with Gasteiger partial charge in [-0.1, -0.05) is 17.7 Å². The van der Waals surface area contributed by atoms with Crippen LogP contribution in [0, 0.1) is 6.92 Å². The number of fused-ring (bicyclic) bond motifs is 2. The zero-order valence-electron chi connectivity index (χ0n) is 22.5. The van der Waals surface area contributed by atoms with E-state index in [-0.39, 0.29) is 37.4 Å². The number of carbonyl (C=O) groups is 2. The Balaban J connectivity index is 0.00000533. The molecule has 3 rings (SSSR count). The molecular weight excluding hydrogens is 543 g/mol. The quantitative estimate of drug-likeness (QED) is 0.121. The van der Waals surface area contributed by atoms with E-state index >= 15 is 0 Å². The summed E-state index contributed by atoms with van der Waals surface area (Å²) in [4.78, 5) is 33.7. The Morgan fingerprint density at radius 2 is 1.85 bits per heavy atom. The second kappa shape index (κ2) is 14.0. The van der Waals surface area contributed by atoms with Crippen molar-refractivity contribution in [1.82, 2.24) is 15.6 Å². The second-order valence-corrected chi connectivity index (χ2v) is 10.3. The lowest BCUT2D eigenvalue weighted by Crippen LogP contribution is -2.49. The van der Waals surface area contributed by atoms with Gasteiger partial charge in [0.1, 0.15) is 24.0 Å². The Morgan fingerprint density at radius 1 is 1.10 bits per heavy atom. The van der Waals surface area contributed by atoms with E-state index in [4.69, 9.17) is 37.5 Å². The van der Waals surface area contributed by atoms with Crippen molar-refractivity contribution in [2.45, 2.75) is 52.2 Å². The van der Waals surface area contributed by atoms with Crippen LogP contribution in [-0.2, 0) is 9.53 Å². The Morgan fingerprint density at radius 3 is 2.54 bits per heavy atom. The smallest absolute Gasteiger partial charge is 0.408 e. The largest absolute Gasteiger partial charge is 0.492 e. The third kappa shape index (κ3) is 9.63. The number of carbonyl (C=O) groups excluding carboxylic acids is 2. The van der Waals surface area contributed by atoms with E-state index in [1.165, 1.54) is 0 Å². The predicted molar refractivity (Wildman–Crippen MR) is 158 cm³/mol. The Bertz CT molecular complexity index is 1340. The van der Waals surface area contributed by atoms with Gasteiger partial charge >= 0.3 is 6.09 Å². The lowest BCUT2D eigenvalue weighted by Gasteiger charge is -2.23. The molecule has 39 heavy (non-hydrogen) atoms. The summed E-state index contributed by atoms with van der Waals surface area (Å²) >= 11 is 6.12. The minimum absolute atomic E-state index is 0. The molecule has 0 saturated heterocycles. The fraction of sp³-hybridized carbons (Fsp3) is 0.407. The minimum atomic E-state index is -0.810. The van der Waals surface area contributed by atoms with Crippen molar-refractivity contribution in [3.05, 3.63) is 47.0 Å². The van der Waals surface area contributed by atoms with Crippen LogP contribution in [0.2, 0.25) is 5.02 Å². The molecule has 0 saturated carbocycles. The first kappa shape index (κ1) is 31.7. The molecule has 1 atom stereocenters. The monoisotopic (exact) mass is 578 g/mol. The van der Waals surface area contributed by atoms with Crippen molar-refractivity contribution in [3.63, 3.8) is 0 Å². The number of nitrogens with zero attached hydrogens (tertiary/aromatic N) is 2. The summed E-state index contributed by atoms with van der Waals surface area (Å²) < 4.78 is 11.2. The van der Waals surface area contributed by atoms with Crippen LogP contribution in [0.25, 0.3) is 21.8 Å². The van der Waals surface area contributed by atoms with Crippen molar-refractivity contribution in [2.24, 2.45) is 16.5 Å². The highest BCUT2D eigenvalue weighted by Crippen LogP contribution is 2.29. The van der Waals surface area contributed by atoms with Gasteiger partial charge in [0, 0.05) is 22.3 Å². The van der Waals surface area contributed by atoms with Crippen LogP contribution in [0.4, 0.5) is 4.79 Å². The molecule has 2 aromatic carbocycles. The molecule has 212 valence electrons. The molecule has 10 nitrogen and oxygen atoms in total. The predicted octanol–water partition coefficient (Wildman–Crippen LogP) is 4.21. The van der Waals surface area contributed by atoms with Gasteiger partial charge in [0.05, 0.1) is 17.6 Å². The number of aliphatic imine (C=N–C) groups is 1. The van der Waals surface area contributed by atoms with Gasteiger partial charge in [-0.25, -0.2) is 9.78 Å². The SMILES string of the molecule is Cc1c2ccc(Cl)cc2nc2ccc(OCCNC(=O)C(CCCN=C(N)N)NC(=O)OC(C)(C)C)cc12.Cl. The van der Waals surface area contributed by atoms with Gasteiger partial charge in [-0.2, -0.15) is 0 Å². The lowest BCUT2D eigenvalue weighted by atomic mass is 10.0. The van der Waals surface area contributed by atoms with Crippen LogP contribution in [0.3, 0.4) is 0 Å². The van der Waals surface area contributed by atoms with E-state index < -0.39 is 17.7 Å². The third-order valence-corrected chi connectivity index (χ3v) is 5.83. The van der Waals surface area contributed by atoms with E-state index in [0.29, 0.717) is 30.2 Å². The summed E-state index contributed by atoms with van der Waals surface area (Å²) in [6.07, 6.45) is 0.151. The number of aryl methyl sites for hydroxylation is 1. The topological polar surface area (TPSA) is 154 Å². The molecule has 2 amide bonds. The maximum atomic E-state index is 12.8. The van der Waals surface area contributed by atoms with Crippen molar-refractivity contribution < 1.29 is 19.1 Å². The number of ether oxygens (including phenoxy) is 2. The highest BCUT2D eigenvalue weighted by molar-refractivity contribution is 6.31. The minimum Gasteiger partial charge on any atom is -0.492 e. The van der Waals surface area contributed by atoms with Gasteiger partial charge in [0.25, 0.3) is 0 Å². The van der Waals surface area contributed by atoms with Gasteiger partial charge in [-0.05, 0) is 76.4 Å². The fourth-order valence-electron chi connectivity index (χ4n) is 3.88. The van der Waals surface area contributed by atoms with E-state index in [1.54, 1.807) is 20.8 Å². The van der Waals surface area contributed by atoms with Crippen molar-refractivity contribution in [3.8, 4) is 5.75 Å². The average molecular weight is 580 g/mol. The molecular formula is C27H36Cl2N6O4. The molecule has 0 radical (unpaired) electrons. The summed E-state index contributed by atoms with van der Waals surface area (Å²) in [6, 6.07) is 10.5. The number of alkyl carbamates (subject to hydrolysis) is 1. The molecule has 0 aliphatic carbocycles. The lowest BCUT2D eigenvalue weighted by molar-refractivity contribution is -0.123. The van der Waals surface area contributed by atoms with E-state index in [2.05, 4.69) is 15.6 Å². The summed E-state index contributed by atoms with van der Waals surface area (Å²) in [5.41, 5.74) is 12.8. The maximum absolute atomic E-state index is 12.8. The summed E-state index contributed by atoms with van der Waals surface area (Å²) in [5.74, 6) is 0.277. The maximum Gasteiger partial charge on any atom is 0.408 e. The summed E-state index contributed by atoms with van der Waals surface area (Å²) in [5, 5.41) is 8.07. The van der Waals surface area contributed by atoms with Gasteiger partial charge in [-0.3, -0.25) is 9.79 Å². The highest BCUT2D eigenvalue weighted by Gasteiger charge is 2.24. The van der Waals surface area contributed by atoms with E-state index in [1.807, 2.05) is 43.3 Å². The van der Waals surface area contributed by atoms with Crippen LogP contribution >= 0.6 is 24.0 Å². The summed E-state index contributed by atoms with van der Waals surface area (Å²) in [7, 11) is 0. The Kier molecular flexibility index (Phi) is 11.4. The second-order valence-electron chi connectivity index (χ2n) is 9.86. The molecule has 0 aliphatic heterocycles. The molecule has 6 N–H and O–H groups in total. The summed E-state index contributed by atoms with van der Waals surface area (Å²) in [6.45, 7) is 8.10. The van der Waals surface area contributed by atoms with E-state index in [9.17, 15) is 9.59 Å². The van der Waals surface area contributed by atoms with E-state index in [0.717, 1.165) is 27.4 Å². The number of benzene rings is 2. The number of amides is 2. The Labute approximate surface area is 239 Å². The standard InChI is InChI=1S/C27H35ClN6O4.ClH/c1-16-19-9-7-17(28)14-23(19)33-21-10-8-18(15-20(16)21)37-13-12-31-24(35)22(6-5-11-32-25(29)30)34-26(36)38-27(2,3)4;/h7-10,14-15,22H,5-6,11-13H2,1-4H3,(H,31,35)(H,34,36)(H4,29,30,32);1H. The highest BCUT2D eigenvalue weighted by atomic mass is 35.5. The molecule has 1 unspecified atom stereocenters. The fourth-order valence-corrected chi connectivity index (χ4v) is 4.05. The van der Waals surface area contributed by atoms with Crippen molar-refractivity contribution in [1.29, 1.82) is 0 Å². The molecule has 3 aromatic rings. The van der Waals surface area contributed by atoms with Gasteiger partial charge < -0.3 is 31.6 Å². The third-order valence-electron chi connectivity index (χ3n) is 5.60. The molecule has 0 bridgehead atoms. The number of pyridine rings is 1. The first-order valence-electron chi connectivity index (χ1n) is 12.4. The molecule has 12 heteroatoms. The first-order valence-corrected chi connectivity index (χ1v) is 12.8. The van der Waals surface area contributed by atoms with Crippen LogP contribution in [0.15, 0.2) is 41.4 Å². The number of hydrogen-bond acceptors (Lipinski definition) is 6. The molecule has 0 spiro atoms. The zero-order valence-corrected chi connectivity index (χ0v) is 24.1. The molecule has 1 heterocycles. The average Bonchev–Trinajstić information content (AvgIpc) is 2.82.